The van der Waals surface area contributed by atoms with E-state index in [-0.39, 0.29) is 11.5 Å². The van der Waals surface area contributed by atoms with Crippen molar-refractivity contribution in [3.05, 3.63) is 10.8 Å². The highest BCUT2D eigenvalue weighted by atomic mass is 16.6. The van der Waals surface area contributed by atoms with Crippen LogP contribution in [0.2, 0.25) is 0 Å². The summed E-state index contributed by atoms with van der Waals surface area (Å²) in [6.07, 6.45) is 0. The van der Waals surface area contributed by atoms with E-state index >= 15 is 0 Å². The predicted octanol–water partition coefficient (Wildman–Crippen LogP) is 1.51. The van der Waals surface area contributed by atoms with E-state index < -0.39 is 22.8 Å². The molecule has 5 nitrogen and oxygen atoms in total. The zero-order valence-electron chi connectivity index (χ0n) is 13.0. The number of hydrogen-bond donors (Lipinski definition) is 0. The summed E-state index contributed by atoms with van der Waals surface area (Å²) in [5.74, 6) is -0.432. The van der Waals surface area contributed by atoms with Crippen molar-refractivity contribution < 1.29 is 23.5 Å². The Kier molecular flexibility index (Phi) is 2.51. The standard InChI is InChI=1S/C16H18O5/c1-15(2,3)7-9-11(20-13(7)17)12-10(19-9)8(14(18)21-12)16(4,5)6/h1-6H3. The van der Waals surface area contributed by atoms with Gasteiger partial charge in [0.25, 0.3) is 0 Å². The van der Waals surface area contributed by atoms with Gasteiger partial charge in [0.1, 0.15) is 0 Å². The van der Waals surface area contributed by atoms with E-state index in [4.69, 9.17) is 13.9 Å². The van der Waals surface area contributed by atoms with Gasteiger partial charge in [0, 0.05) is 0 Å². The third-order valence-corrected chi connectivity index (χ3v) is 3.57. The zero-order valence-corrected chi connectivity index (χ0v) is 13.0. The van der Waals surface area contributed by atoms with Crippen LogP contribution >= 0.6 is 0 Å². The molecule has 0 unspecified atom stereocenters. The first-order valence-corrected chi connectivity index (χ1v) is 6.88. The molecule has 0 radical (unpaired) electrons. The molecule has 2 aliphatic heterocycles. The highest BCUT2D eigenvalue weighted by Gasteiger charge is 2.43. The van der Waals surface area contributed by atoms with Crippen LogP contribution in [-0.2, 0) is 9.59 Å². The Morgan fingerprint density at radius 2 is 1.00 bits per heavy atom. The molecule has 5 heteroatoms. The van der Waals surface area contributed by atoms with Gasteiger partial charge in [-0.25, -0.2) is 9.59 Å². The Balaban J connectivity index is 2.42. The van der Waals surface area contributed by atoms with Crippen molar-refractivity contribution in [2.45, 2.75) is 41.5 Å². The molecule has 3 heterocycles. The second-order valence-electron chi connectivity index (χ2n) is 7.45. The lowest BCUT2D eigenvalue weighted by Gasteiger charge is -2.17. The van der Waals surface area contributed by atoms with Gasteiger partial charge in [-0.1, -0.05) is 41.5 Å². The van der Waals surface area contributed by atoms with Gasteiger partial charge in [0.15, 0.2) is 10.8 Å². The van der Waals surface area contributed by atoms with Crippen molar-refractivity contribution in [1.29, 1.82) is 0 Å². The summed E-state index contributed by atoms with van der Waals surface area (Å²) in [5, 5.41) is 0. The Morgan fingerprint density at radius 3 is 1.29 bits per heavy atom. The number of carbonyl (C=O) groups excluding carboxylic acids is 2. The van der Waals surface area contributed by atoms with E-state index in [1.54, 1.807) is 0 Å². The van der Waals surface area contributed by atoms with Gasteiger partial charge in [-0.05, 0) is 10.8 Å². The third kappa shape index (κ3) is 1.83. The molecule has 0 fully saturated rings. The topological polar surface area (TPSA) is 65.7 Å². The quantitative estimate of drug-likeness (QED) is 0.678. The summed E-state index contributed by atoms with van der Waals surface area (Å²) in [6.45, 7) is 11.5. The van der Waals surface area contributed by atoms with Crippen LogP contribution in [0, 0.1) is 10.8 Å². The van der Waals surface area contributed by atoms with Crippen molar-refractivity contribution in [2.75, 3.05) is 0 Å². The van der Waals surface area contributed by atoms with E-state index in [1.165, 1.54) is 0 Å². The normalized spacial score (nSPS) is 17.8. The molecule has 112 valence electrons. The summed E-state index contributed by atoms with van der Waals surface area (Å²) in [6, 6.07) is 0. The van der Waals surface area contributed by atoms with Crippen LogP contribution in [0.3, 0.4) is 0 Å². The number of ether oxygens (including phenoxy) is 2. The molecule has 0 atom stereocenters. The summed E-state index contributed by atoms with van der Waals surface area (Å²) < 4.78 is 16.4. The smallest absolute Gasteiger partial charge is 0.344 e. The Hall–Kier alpha value is -2.04. The van der Waals surface area contributed by atoms with Crippen molar-refractivity contribution in [1.82, 2.24) is 0 Å². The minimum Gasteiger partial charge on any atom is -0.448 e. The fourth-order valence-electron chi connectivity index (χ4n) is 2.68. The van der Waals surface area contributed by atoms with Crippen LogP contribution in [0.15, 0.2) is 4.42 Å². The van der Waals surface area contributed by atoms with E-state index in [9.17, 15) is 9.59 Å². The summed E-state index contributed by atoms with van der Waals surface area (Å²) in [4.78, 5) is 24.1. The number of hydrogen-bond acceptors (Lipinski definition) is 5. The molecule has 0 bridgehead atoms. The van der Waals surface area contributed by atoms with Gasteiger partial charge >= 0.3 is 11.9 Å². The maximum absolute atomic E-state index is 12.0. The molecule has 0 N–H and O–H groups in total. The van der Waals surface area contributed by atoms with Crippen LogP contribution in [0.1, 0.15) is 41.5 Å². The second kappa shape index (κ2) is 3.78. The maximum atomic E-state index is 12.0. The molecule has 0 saturated carbocycles. The predicted molar refractivity (Wildman–Crippen MR) is 75.0 cm³/mol. The molecule has 0 spiro atoms. The summed E-state index contributed by atoms with van der Waals surface area (Å²) >= 11 is 0. The average molecular weight is 290 g/mol. The maximum Gasteiger partial charge on any atom is 0.344 e. The van der Waals surface area contributed by atoms with Gasteiger partial charge in [-0.3, -0.25) is 0 Å². The number of carbonyl (C=O) groups is 2. The third-order valence-electron chi connectivity index (χ3n) is 3.57. The van der Waals surface area contributed by atoms with Gasteiger partial charge < -0.3 is 13.9 Å². The molecule has 1 aromatic heterocycles. The van der Waals surface area contributed by atoms with E-state index in [2.05, 4.69) is 0 Å². The number of fused-ring (bicyclic) bond motifs is 3. The first-order valence-electron chi connectivity index (χ1n) is 6.88. The highest BCUT2D eigenvalue weighted by molar-refractivity contribution is 6.17. The molecule has 0 amide bonds. The van der Waals surface area contributed by atoms with Crippen molar-refractivity contribution in [3.8, 4) is 11.5 Å². The van der Waals surface area contributed by atoms with Crippen molar-refractivity contribution in [3.63, 3.8) is 0 Å². The minimum atomic E-state index is -0.445. The fraction of sp³-hybridized carbons (Fsp3) is 0.500. The second-order valence-corrected chi connectivity index (χ2v) is 7.45. The molecule has 21 heavy (non-hydrogen) atoms. The fourth-order valence-corrected chi connectivity index (χ4v) is 2.68. The Labute approximate surface area is 122 Å². The van der Waals surface area contributed by atoms with Crippen molar-refractivity contribution in [2.24, 2.45) is 10.8 Å². The lowest BCUT2D eigenvalue weighted by Crippen LogP contribution is -2.23. The lowest BCUT2D eigenvalue weighted by molar-refractivity contribution is -0.130. The van der Waals surface area contributed by atoms with Crippen LogP contribution in [-0.4, -0.2) is 11.9 Å². The highest BCUT2D eigenvalue weighted by Crippen LogP contribution is 2.39. The van der Waals surface area contributed by atoms with Gasteiger partial charge in [0.2, 0.25) is 11.5 Å². The van der Waals surface area contributed by atoms with Gasteiger partial charge in [-0.2, -0.15) is 0 Å². The van der Waals surface area contributed by atoms with E-state index in [0.717, 1.165) is 0 Å². The first-order chi connectivity index (χ1) is 9.51. The Bertz CT molecular complexity index is 727. The van der Waals surface area contributed by atoms with Crippen LogP contribution in [0.4, 0.5) is 0 Å². The van der Waals surface area contributed by atoms with Gasteiger partial charge in [0.05, 0.1) is 11.1 Å². The number of furan rings is 1. The molecule has 1 aromatic rings. The SMILES string of the molecule is CC(C)(C)C1=c2oc3c(c2OC1=O)OC(=O)C=3C(C)(C)C. The molecule has 0 saturated heterocycles. The van der Waals surface area contributed by atoms with Crippen molar-refractivity contribution >= 4 is 23.1 Å². The van der Waals surface area contributed by atoms with Crippen LogP contribution in [0.25, 0.3) is 11.1 Å². The molecule has 0 aliphatic carbocycles. The zero-order chi connectivity index (χ0) is 15.7. The molecule has 3 rings (SSSR count). The number of rotatable bonds is 0. The first kappa shape index (κ1) is 13.9. The molecule has 2 aliphatic rings. The van der Waals surface area contributed by atoms with Crippen LogP contribution in [0.5, 0.6) is 11.5 Å². The Morgan fingerprint density at radius 1 is 0.667 bits per heavy atom. The number of esters is 2. The lowest BCUT2D eigenvalue weighted by atomic mass is 9.87. The average Bonchev–Trinajstić information content (AvgIpc) is 2.82. The van der Waals surface area contributed by atoms with E-state index in [0.29, 0.717) is 22.0 Å². The molecular weight excluding hydrogens is 272 g/mol. The monoisotopic (exact) mass is 290 g/mol. The molecular formula is C16H18O5. The molecule has 0 aromatic carbocycles. The largest absolute Gasteiger partial charge is 0.448 e. The van der Waals surface area contributed by atoms with Crippen LogP contribution < -0.4 is 20.3 Å². The van der Waals surface area contributed by atoms with Gasteiger partial charge in [-0.15, -0.1) is 0 Å². The summed E-state index contributed by atoms with van der Waals surface area (Å²) in [7, 11) is 0. The summed E-state index contributed by atoms with van der Waals surface area (Å²) in [5.41, 5.74) is 0.866. The van der Waals surface area contributed by atoms with E-state index in [1.807, 2.05) is 41.5 Å². The minimum absolute atomic E-state index is 0.229.